The van der Waals surface area contributed by atoms with E-state index in [-0.39, 0.29) is 12.0 Å². The predicted molar refractivity (Wildman–Crippen MR) is 74.4 cm³/mol. The van der Waals surface area contributed by atoms with Crippen LogP contribution in [0.1, 0.15) is 6.42 Å². The summed E-state index contributed by atoms with van der Waals surface area (Å²) in [7, 11) is 1.50. The van der Waals surface area contributed by atoms with Gasteiger partial charge in [0, 0.05) is 6.54 Å². The molecule has 1 aromatic heterocycles. The van der Waals surface area contributed by atoms with Crippen LogP contribution in [-0.2, 0) is 0 Å². The van der Waals surface area contributed by atoms with E-state index in [0.717, 1.165) is 24.4 Å². The van der Waals surface area contributed by atoms with E-state index in [9.17, 15) is 0 Å². The molecule has 104 valence electrons. The largest absolute Gasteiger partial charge is 0.491 e. The van der Waals surface area contributed by atoms with Crippen molar-refractivity contribution in [2.75, 3.05) is 30.9 Å². The molecule has 0 radical (unpaired) electrons. The minimum Gasteiger partial charge on any atom is -0.491 e. The Morgan fingerprint density at radius 2 is 2.10 bits per heavy atom. The fourth-order valence-electron chi connectivity index (χ4n) is 2.11. The monoisotopic (exact) mass is 273 g/mol. The smallest absolute Gasteiger partial charge is 0.322 e. The Morgan fingerprint density at radius 1 is 1.25 bits per heavy atom. The second-order valence-corrected chi connectivity index (χ2v) is 4.30. The molecular weight excluding hydrogens is 258 g/mol. The van der Waals surface area contributed by atoms with Crippen molar-refractivity contribution in [2.24, 2.45) is 0 Å². The Morgan fingerprint density at radius 3 is 2.95 bits per heavy atom. The fourth-order valence-corrected chi connectivity index (χ4v) is 2.11. The van der Waals surface area contributed by atoms with Crippen molar-refractivity contribution < 1.29 is 9.47 Å². The molecule has 0 unspecified atom stereocenters. The van der Waals surface area contributed by atoms with Crippen molar-refractivity contribution in [3.8, 4) is 11.8 Å². The number of anilines is 3. The van der Waals surface area contributed by atoms with Gasteiger partial charge in [-0.15, -0.1) is 0 Å². The molecule has 3 rings (SSSR count). The number of nitrogens with zero attached hydrogens (tertiary/aromatic N) is 4. The molecule has 0 spiro atoms. The number of hydrogen-bond acceptors (Lipinski definition) is 7. The van der Waals surface area contributed by atoms with E-state index in [0.29, 0.717) is 12.6 Å². The zero-order valence-electron chi connectivity index (χ0n) is 11.1. The quantitative estimate of drug-likeness (QED) is 0.884. The molecule has 0 amide bonds. The first-order valence-corrected chi connectivity index (χ1v) is 6.33. The van der Waals surface area contributed by atoms with Gasteiger partial charge in [0.15, 0.2) is 0 Å². The molecule has 7 heteroatoms. The van der Waals surface area contributed by atoms with E-state index < -0.39 is 0 Å². The topological polar surface area (TPSA) is 86.4 Å². The molecule has 1 aliphatic rings. The number of methoxy groups -OCH3 is 1. The second kappa shape index (κ2) is 5.20. The van der Waals surface area contributed by atoms with E-state index in [1.54, 1.807) is 0 Å². The first kappa shape index (κ1) is 12.5. The molecule has 2 heterocycles. The molecule has 0 aliphatic carbocycles. The van der Waals surface area contributed by atoms with Gasteiger partial charge in [-0.2, -0.15) is 15.0 Å². The third-order valence-electron chi connectivity index (χ3n) is 2.98. The van der Waals surface area contributed by atoms with Crippen molar-refractivity contribution in [2.45, 2.75) is 6.42 Å². The molecule has 2 N–H and O–H groups in total. The maximum absolute atomic E-state index is 5.71. The molecule has 0 saturated heterocycles. The highest BCUT2D eigenvalue weighted by atomic mass is 16.5. The maximum atomic E-state index is 5.71. The van der Waals surface area contributed by atoms with Crippen LogP contribution in [0.25, 0.3) is 0 Å². The van der Waals surface area contributed by atoms with Crippen LogP contribution in [0.15, 0.2) is 24.3 Å². The second-order valence-electron chi connectivity index (χ2n) is 4.30. The number of nitrogen functional groups attached to an aromatic ring is 1. The summed E-state index contributed by atoms with van der Waals surface area (Å²) in [5.41, 5.74) is 6.62. The number of fused-ring (bicyclic) bond motifs is 1. The summed E-state index contributed by atoms with van der Waals surface area (Å²) in [6, 6.07) is 7.98. The Hall–Kier alpha value is -2.57. The highest BCUT2D eigenvalue weighted by Crippen LogP contribution is 2.34. The van der Waals surface area contributed by atoms with Crippen LogP contribution in [0.5, 0.6) is 11.8 Å². The predicted octanol–water partition coefficient (Wildman–Crippen LogP) is 1.38. The molecule has 1 aliphatic heterocycles. The van der Waals surface area contributed by atoms with E-state index in [4.69, 9.17) is 15.2 Å². The Balaban J connectivity index is 2.07. The van der Waals surface area contributed by atoms with Crippen molar-refractivity contribution in [3.05, 3.63) is 24.3 Å². The van der Waals surface area contributed by atoms with Gasteiger partial charge in [0.1, 0.15) is 5.75 Å². The Bertz CT molecular complexity index is 619. The van der Waals surface area contributed by atoms with E-state index >= 15 is 0 Å². The van der Waals surface area contributed by atoms with Crippen LogP contribution < -0.4 is 20.1 Å². The van der Waals surface area contributed by atoms with Crippen molar-refractivity contribution in [3.63, 3.8) is 0 Å². The molecule has 0 saturated carbocycles. The van der Waals surface area contributed by atoms with Crippen LogP contribution >= 0.6 is 0 Å². The standard InChI is InChI=1S/C13H15N5O2/c1-19-13-16-11(14)15-12(17-13)18-7-4-8-20-10-6-3-2-5-9(10)18/h2-3,5-6H,4,7-8H2,1H3,(H2,14,15,16,17). The molecule has 0 fully saturated rings. The molecule has 20 heavy (non-hydrogen) atoms. The summed E-state index contributed by atoms with van der Waals surface area (Å²) in [5.74, 6) is 1.41. The van der Waals surface area contributed by atoms with E-state index in [1.807, 2.05) is 29.2 Å². The molecule has 0 bridgehead atoms. The normalized spacial score (nSPS) is 14.2. The molecule has 0 atom stereocenters. The Kier molecular flexibility index (Phi) is 3.24. The molecular formula is C13H15N5O2. The summed E-state index contributed by atoms with van der Waals surface area (Å²) >= 11 is 0. The van der Waals surface area contributed by atoms with Crippen LogP contribution in [0.2, 0.25) is 0 Å². The number of ether oxygens (including phenoxy) is 2. The lowest BCUT2D eigenvalue weighted by molar-refractivity contribution is 0.322. The zero-order valence-corrected chi connectivity index (χ0v) is 11.1. The van der Waals surface area contributed by atoms with Gasteiger partial charge in [0.25, 0.3) is 0 Å². The average Bonchev–Trinajstić information content (AvgIpc) is 2.69. The summed E-state index contributed by atoms with van der Waals surface area (Å²) < 4.78 is 10.8. The fraction of sp³-hybridized carbons (Fsp3) is 0.308. The van der Waals surface area contributed by atoms with Crippen molar-refractivity contribution in [1.82, 2.24) is 15.0 Å². The molecule has 1 aromatic carbocycles. The third kappa shape index (κ3) is 2.29. The van der Waals surface area contributed by atoms with Gasteiger partial charge in [-0.3, -0.25) is 0 Å². The van der Waals surface area contributed by atoms with Gasteiger partial charge in [0.05, 0.1) is 19.4 Å². The van der Waals surface area contributed by atoms with Gasteiger partial charge in [-0.25, -0.2) is 0 Å². The van der Waals surface area contributed by atoms with Crippen LogP contribution in [-0.4, -0.2) is 35.2 Å². The lowest BCUT2D eigenvalue weighted by Gasteiger charge is -2.21. The number of para-hydroxylation sites is 2. The lowest BCUT2D eigenvalue weighted by Crippen LogP contribution is -2.21. The summed E-state index contributed by atoms with van der Waals surface area (Å²) in [6.07, 6.45) is 0.864. The van der Waals surface area contributed by atoms with Gasteiger partial charge in [0.2, 0.25) is 11.9 Å². The minimum absolute atomic E-state index is 0.134. The van der Waals surface area contributed by atoms with Crippen LogP contribution in [0, 0.1) is 0 Å². The maximum Gasteiger partial charge on any atom is 0.322 e. The Labute approximate surface area is 116 Å². The number of hydrogen-bond donors (Lipinski definition) is 1. The first-order chi connectivity index (χ1) is 9.78. The van der Waals surface area contributed by atoms with Crippen molar-refractivity contribution in [1.29, 1.82) is 0 Å². The van der Waals surface area contributed by atoms with Crippen LogP contribution in [0.3, 0.4) is 0 Å². The van der Waals surface area contributed by atoms with E-state index in [2.05, 4.69) is 15.0 Å². The number of nitrogens with two attached hydrogens (primary N) is 1. The third-order valence-corrected chi connectivity index (χ3v) is 2.98. The van der Waals surface area contributed by atoms with Gasteiger partial charge in [-0.1, -0.05) is 12.1 Å². The molecule has 2 aromatic rings. The van der Waals surface area contributed by atoms with Crippen molar-refractivity contribution >= 4 is 17.6 Å². The summed E-state index contributed by atoms with van der Waals surface area (Å²) in [4.78, 5) is 14.3. The SMILES string of the molecule is COc1nc(N)nc(N2CCCOc3ccccc32)n1. The minimum atomic E-state index is 0.134. The van der Waals surface area contributed by atoms with E-state index in [1.165, 1.54) is 7.11 Å². The van der Waals surface area contributed by atoms with Crippen LogP contribution in [0.4, 0.5) is 17.6 Å². The number of rotatable bonds is 2. The number of aromatic nitrogens is 3. The van der Waals surface area contributed by atoms with Gasteiger partial charge >= 0.3 is 6.01 Å². The summed E-state index contributed by atoms with van der Waals surface area (Å²) in [6.45, 7) is 1.40. The average molecular weight is 273 g/mol. The van der Waals surface area contributed by atoms with Gasteiger partial charge in [-0.05, 0) is 18.6 Å². The zero-order chi connectivity index (χ0) is 13.9. The highest BCUT2D eigenvalue weighted by molar-refractivity contribution is 5.66. The van der Waals surface area contributed by atoms with Gasteiger partial charge < -0.3 is 20.1 Å². The highest BCUT2D eigenvalue weighted by Gasteiger charge is 2.20. The number of benzene rings is 1. The lowest BCUT2D eigenvalue weighted by atomic mass is 10.2. The first-order valence-electron chi connectivity index (χ1n) is 6.33. The summed E-state index contributed by atoms with van der Waals surface area (Å²) in [5, 5.41) is 0. The molecule has 7 nitrogen and oxygen atoms in total.